The number of hydrogen-bond donors (Lipinski definition) is 1. The Hall–Kier alpha value is -3.01. The number of methoxy groups -OCH3 is 2. The second-order valence-electron chi connectivity index (χ2n) is 6.55. The zero-order valence-electron chi connectivity index (χ0n) is 16.0. The minimum atomic E-state index is -0.0472. The van der Waals surface area contributed by atoms with E-state index >= 15 is 0 Å². The Morgan fingerprint density at radius 1 is 0.963 bits per heavy atom. The molecule has 0 saturated carbocycles. The fourth-order valence-electron chi connectivity index (χ4n) is 3.31. The van der Waals surface area contributed by atoms with E-state index in [1.807, 2.05) is 43.3 Å². The molecular formula is C23H25NO3. The number of rotatable bonds is 7. The number of carbonyl (C=O) groups excluding carboxylic acids is 1. The normalized spacial score (nSPS) is 11.8. The van der Waals surface area contributed by atoms with E-state index < -0.39 is 0 Å². The van der Waals surface area contributed by atoms with Crippen LogP contribution in [0.3, 0.4) is 0 Å². The van der Waals surface area contributed by atoms with Crippen LogP contribution in [0.15, 0.2) is 60.7 Å². The monoisotopic (exact) mass is 363 g/mol. The third kappa shape index (κ3) is 4.40. The number of benzene rings is 3. The average Bonchev–Trinajstić information content (AvgIpc) is 2.71. The predicted molar refractivity (Wildman–Crippen MR) is 108 cm³/mol. The quantitative estimate of drug-likeness (QED) is 0.664. The van der Waals surface area contributed by atoms with E-state index in [0.717, 1.165) is 11.1 Å². The third-order valence-electron chi connectivity index (χ3n) is 4.76. The highest BCUT2D eigenvalue weighted by Gasteiger charge is 2.13. The summed E-state index contributed by atoms with van der Waals surface area (Å²) in [6.45, 7) is 2.02. The summed E-state index contributed by atoms with van der Waals surface area (Å²) in [6, 6.07) is 20.1. The van der Waals surface area contributed by atoms with Gasteiger partial charge in [-0.3, -0.25) is 4.79 Å². The van der Waals surface area contributed by atoms with Gasteiger partial charge in [0.2, 0.25) is 5.91 Å². The van der Waals surface area contributed by atoms with Crippen LogP contribution in [0, 0.1) is 0 Å². The second kappa shape index (κ2) is 8.58. The number of fused-ring (bicyclic) bond motifs is 1. The Kier molecular flexibility index (Phi) is 5.97. The fraction of sp³-hybridized carbons (Fsp3) is 0.261. The highest BCUT2D eigenvalue weighted by atomic mass is 16.5. The van der Waals surface area contributed by atoms with Crippen LogP contribution >= 0.6 is 0 Å². The second-order valence-corrected chi connectivity index (χ2v) is 6.55. The lowest BCUT2D eigenvalue weighted by molar-refractivity contribution is -0.121. The first kappa shape index (κ1) is 18.8. The highest BCUT2D eigenvalue weighted by molar-refractivity contribution is 5.86. The van der Waals surface area contributed by atoms with Gasteiger partial charge in [-0.15, -0.1) is 0 Å². The van der Waals surface area contributed by atoms with Crippen LogP contribution in [-0.2, 0) is 11.2 Å². The number of nitrogens with one attached hydrogen (secondary N) is 1. The Balaban J connectivity index is 1.64. The van der Waals surface area contributed by atoms with Crippen molar-refractivity contribution in [2.75, 3.05) is 14.2 Å². The first-order valence-corrected chi connectivity index (χ1v) is 9.10. The van der Waals surface area contributed by atoms with E-state index in [1.54, 1.807) is 14.2 Å². The molecule has 0 aromatic heterocycles. The molecule has 3 aromatic carbocycles. The molecule has 0 heterocycles. The zero-order valence-corrected chi connectivity index (χ0v) is 16.0. The molecule has 27 heavy (non-hydrogen) atoms. The van der Waals surface area contributed by atoms with Gasteiger partial charge in [0.1, 0.15) is 0 Å². The van der Waals surface area contributed by atoms with Crippen LogP contribution in [0.5, 0.6) is 11.5 Å². The van der Waals surface area contributed by atoms with E-state index in [2.05, 4.69) is 29.6 Å². The molecule has 0 saturated heterocycles. The Bertz CT molecular complexity index is 931. The van der Waals surface area contributed by atoms with Crippen molar-refractivity contribution in [1.29, 1.82) is 0 Å². The molecule has 1 atom stereocenters. The van der Waals surface area contributed by atoms with Gasteiger partial charge in [0, 0.05) is 6.42 Å². The van der Waals surface area contributed by atoms with Gasteiger partial charge in [-0.1, -0.05) is 48.5 Å². The van der Waals surface area contributed by atoms with Gasteiger partial charge in [0.15, 0.2) is 11.5 Å². The summed E-state index contributed by atoms with van der Waals surface area (Å²) in [7, 11) is 3.22. The van der Waals surface area contributed by atoms with Crippen molar-refractivity contribution in [1.82, 2.24) is 5.32 Å². The van der Waals surface area contributed by atoms with Crippen LogP contribution in [0.25, 0.3) is 10.8 Å². The Morgan fingerprint density at radius 2 is 1.70 bits per heavy atom. The minimum Gasteiger partial charge on any atom is -0.493 e. The SMILES string of the molecule is COc1ccc(CCC(=O)NC(C)c2cccc3ccccc23)cc1OC. The molecule has 4 nitrogen and oxygen atoms in total. The molecule has 0 aliphatic heterocycles. The molecule has 0 aliphatic rings. The van der Waals surface area contributed by atoms with Gasteiger partial charge in [0.05, 0.1) is 20.3 Å². The van der Waals surface area contributed by atoms with E-state index in [1.165, 1.54) is 10.8 Å². The number of aryl methyl sites for hydroxylation is 1. The molecule has 0 spiro atoms. The van der Waals surface area contributed by atoms with Crippen molar-refractivity contribution >= 4 is 16.7 Å². The summed E-state index contributed by atoms with van der Waals surface area (Å²) in [4.78, 5) is 12.4. The molecule has 0 radical (unpaired) electrons. The molecule has 3 rings (SSSR count). The standard InChI is InChI=1S/C23H25NO3/c1-16(19-10-6-8-18-7-4-5-9-20(18)19)24-23(25)14-12-17-11-13-21(26-2)22(15-17)27-3/h4-11,13,15-16H,12,14H2,1-3H3,(H,24,25). The van der Waals surface area contributed by atoms with E-state index in [0.29, 0.717) is 24.3 Å². The van der Waals surface area contributed by atoms with Gasteiger partial charge in [-0.2, -0.15) is 0 Å². The Morgan fingerprint density at radius 3 is 2.48 bits per heavy atom. The average molecular weight is 363 g/mol. The molecule has 3 aromatic rings. The molecule has 1 N–H and O–H groups in total. The van der Waals surface area contributed by atoms with Gasteiger partial charge in [0.25, 0.3) is 0 Å². The summed E-state index contributed by atoms with van der Waals surface area (Å²) in [5, 5.41) is 5.47. The summed E-state index contributed by atoms with van der Waals surface area (Å²) in [5.41, 5.74) is 2.17. The third-order valence-corrected chi connectivity index (χ3v) is 4.76. The van der Waals surface area contributed by atoms with Gasteiger partial charge >= 0.3 is 0 Å². The lowest BCUT2D eigenvalue weighted by atomic mass is 9.99. The number of hydrogen-bond acceptors (Lipinski definition) is 3. The minimum absolute atomic E-state index is 0.0326. The van der Waals surface area contributed by atoms with Crippen molar-refractivity contribution in [3.8, 4) is 11.5 Å². The first-order valence-electron chi connectivity index (χ1n) is 9.10. The van der Waals surface area contributed by atoms with Crippen LogP contribution in [0.2, 0.25) is 0 Å². The van der Waals surface area contributed by atoms with Crippen molar-refractivity contribution < 1.29 is 14.3 Å². The van der Waals surface area contributed by atoms with E-state index in [9.17, 15) is 4.79 Å². The smallest absolute Gasteiger partial charge is 0.220 e. The van der Waals surface area contributed by atoms with Crippen molar-refractivity contribution in [2.24, 2.45) is 0 Å². The molecule has 1 unspecified atom stereocenters. The summed E-state index contributed by atoms with van der Waals surface area (Å²) < 4.78 is 10.6. The zero-order chi connectivity index (χ0) is 19.2. The fourth-order valence-corrected chi connectivity index (χ4v) is 3.31. The van der Waals surface area contributed by atoms with E-state index in [4.69, 9.17) is 9.47 Å². The van der Waals surface area contributed by atoms with Crippen LogP contribution in [0.4, 0.5) is 0 Å². The van der Waals surface area contributed by atoms with Crippen LogP contribution < -0.4 is 14.8 Å². The lowest BCUT2D eigenvalue weighted by Crippen LogP contribution is -2.27. The first-order chi connectivity index (χ1) is 13.1. The van der Waals surface area contributed by atoms with Gasteiger partial charge < -0.3 is 14.8 Å². The van der Waals surface area contributed by atoms with Crippen LogP contribution in [0.1, 0.15) is 30.5 Å². The lowest BCUT2D eigenvalue weighted by Gasteiger charge is -2.17. The maximum absolute atomic E-state index is 12.4. The number of ether oxygens (including phenoxy) is 2. The maximum atomic E-state index is 12.4. The van der Waals surface area contributed by atoms with E-state index in [-0.39, 0.29) is 11.9 Å². The molecular weight excluding hydrogens is 338 g/mol. The molecule has 4 heteroatoms. The van der Waals surface area contributed by atoms with Crippen LogP contribution in [-0.4, -0.2) is 20.1 Å². The van der Waals surface area contributed by atoms with Crippen molar-refractivity contribution in [2.45, 2.75) is 25.8 Å². The molecule has 140 valence electrons. The van der Waals surface area contributed by atoms with Crippen molar-refractivity contribution in [3.63, 3.8) is 0 Å². The van der Waals surface area contributed by atoms with Gasteiger partial charge in [-0.25, -0.2) is 0 Å². The molecule has 1 amide bonds. The number of carbonyl (C=O) groups is 1. The molecule has 0 aliphatic carbocycles. The summed E-state index contributed by atoms with van der Waals surface area (Å²) >= 11 is 0. The summed E-state index contributed by atoms with van der Waals surface area (Å²) in [5.74, 6) is 1.40. The maximum Gasteiger partial charge on any atom is 0.220 e. The van der Waals surface area contributed by atoms with Gasteiger partial charge in [-0.05, 0) is 47.4 Å². The predicted octanol–water partition coefficient (Wildman–Crippen LogP) is 4.67. The van der Waals surface area contributed by atoms with Crippen molar-refractivity contribution in [3.05, 3.63) is 71.8 Å². The molecule has 0 bridgehead atoms. The topological polar surface area (TPSA) is 47.6 Å². The largest absolute Gasteiger partial charge is 0.493 e. The Labute approximate surface area is 160 Å². The molecule has 0 fully saturated rings. The summed E-state index contributed by atoms with van der Waals surface area (Å²) in [6.07, 6.45) is 1.07. The highest BCUT2D eigenvalue weighted by Crippen LogP contribution is 2.28. The number of amides is 1.